The number of carboxylic acids is 1. The van der Waals surface area contributed by atoms with Crippen molar-refractivity contribution in [3.8, 4) is 5.75 Å². The predicted molar refractivity (Wildman–Crippen MR) is 54.2 cm³/mol. The predicted octanol–water partition coefficient (Wildman–Crippen LogP) is 1.20. The van der Waals surface area contributed by atoms with E-state index in [0.717, 1.165) is 5.56 Å². The second kappa shape index (κ2) is 4.96. The Morgan fingerprint density at radius 2 is 1.94 bits per heavy atom. The maximum Gasteiger partial charge on any atom is 0.341 e. The Labute approximate surface area is 92.5 Å². The number of hydrogen-bond donors (Lipinski definition) is 1. The second-order valence-electron chi connectivity index (χ2n) is 3.32. The molecule has 0 aromatic heterocycles. The van der Waals surface area contributed by atoms with Gasteiger partial charge >= 0.3 is 5.97 Å². The van der Waals surface area contributed by atoms with Crippen LogP contribution in [0.15, 0.2) is 24.3 Å². The number of carbonyl (C=O) groups is 1. The first-order valence-corrected chi connectivity index (χ1v) is 4.93. The van der Waals surface area contributed by atoms with Crippen molar-refractivity contribution in [2.45, 2.75) is 6.29 Å². The fourth-order valence-corrected chi connectivity index (χ4v) is 1.42. The summed E-state index contributed by atoms with van der Waals surface area (Å²) >= 11 is 0. The van der Waals surface area contributed by atoms with Gasteiger partial charge in [0, 0.05) is 5.56 Å². The highest BCUT2D eigenvalue weighted by Crippen LogP contribution is 2.24. The minimum Gasteiger partial charge on any atom is -0.482 e. The summed E-state index contributed by atoms with van der Waals surface area (Å²) in [5, 5.41) is 8.44. The quantitative estimate of drug-likeness (QED) is 0.832. The van der Waals surface area contributed by atoms with E-state index in [1.54, 1.807) is 24.3 Å². The molecule has 5 nitrogen and oxygen atoms in total. The maximum absolute atomic E-state index is 10.3. The second-order valence-corrected chi connectivity index (χ2v) is 3.32. The lowest BCUT2D eigenvalue weighted by molar-refractivity contribution is -0.139. The molecule has 1 aromatic carbocycles. The first-order chi connectivity index (χ1) is 7.75. The average molecular weight is 224 g/mol. The molecule has 0 unspecified atom stereocenters. The van der Waals surface area contributed by atoms with Crippen LogP contribution >= 0.6 is 0 Å². The van der Waals surface area contributed by atoms with E-state index in [1.807, 2.05) is 0 Å². The summed E-state index contributed by atoms with van der Waals surface area (Å²) in [5.74, 6) is -0.476. The zero-order chi connectivity index (χ0) is 11.4. The lowest BCUT2D eigenvalue weighted by atomic mass is 10.2. The summed E-state index contributed by atoms with van der Waals surface area (Å²) < 4.78 is 15.6. The van der Waals surface area contributed by atoms with Crippen molar-refractivity contribution in [2.75, 3.05) is 19.8 Å². The molecule has 0 amide bonds. The van der Waals surface area contributed by atoms with Gasteiger partial charge < -0.3 is 19.3 Å². The minimum atomic E-state index is -0.994. The Hall–Kier alpha value is -1.59. The highest BCUT2D eigenvalue weighted by atomic mass is 16.7. The molecule has 0 saturated carbocycles. The van der Waals surface area contributed by atoms with Crippen LogP contribution in [0.3, 0.4) is 0 Å². The smallest absolute Gasteiger partial charge is 0.341 e. The highest BCUT2D eigenvalue weighted by molar-refractivity contribution is 5.68. The molecule has 16 heavy (non-hydrogen) atoms. The van der Waals surface area contributed by atoms with Crippen LogP contribution in [0.25, 0.3) is 0 Å². The summed E-state index contributed by atoms with van der Waals surface area (Å²) in [6.07, 6.45) is -0.312. The van der Waals surface area contributed by atoms with E-state index in [-0.39, 0.29) is 12.9 Å². The van der Waals surface area contributed by atoms with Crippen molar-refractivity contribution in [1.82, 2.24) is 0 Å². The number of rotatable bonds is 4. The van der Waals surface area contributed by atoms with E-state index in [9.17, 15) is 4.79 Å². The minimum absolute atomic E-state index is 0.312. The maximum atomic E-state index is 10.3. The molecule has 1 heterocycles. The zero-order valence-electron chi connectivity index (χ0n) is 8.59. The Bertz CT molecular complexity index is 353. The van der Waals surface area contributed by atoms with E-state index in [0.29, 0.717) is 19.0 Å². The molecule has 2 rings (SSSR count). The summed E-state index contributed by atoms with van der Waals surface area (Å²) in [6, 6.07) is 6.99. The lowest BCUT2D eigenvalue weighted by Gasteiger charge is -2.09. The molecule has 1 aromatic rings. The van der Waals surface area contributed by atoms with Gasteiger partial charge in [-0.25, -0.2) is 4.79 Å². The van der Waals surface area contributed by atoms with Gasteiger partial charge in [0.15, 0.2) is 12.9 Å². The van der Waals surface area contributed by atoms with Crippen molar-refractivity contribution in [3.05, 3.63) is 29.8 Å². The van der Waals surface area contributed by atoms with Crippen molar-refractivity contribution in [3.63, 3.8) is 0 Å². The lowest BCUT2D eigenvalue weighted by Crippen LogP contribution is -2.09. The van der Waals surface area contributed by atoms with Gasteiger partial charge in [-0.1, -0.05) is 12.1 Å². The topological polar surface area (TPSA) is 65.0 Å². The third-order valence-corrected chi connectivity index (χ3v) is 2.14. The van der Waals surface area contributed by atoms with E-state index >= 15 is 0 Å². The van der Waals surface area contributed by atoms with Gasteiger partial charge in [-0.2, -0.15) is 0 Å². The molecule has 1 aliphatic heterocycles. The Balaban J connectivity index is 1.95. The van der Waals surface area contributed by atoms with Crippen molar-refractivity contribution in [1.29, 1.82) is 0 Å². The molecule has 0 spiro atoms. The standard InChI is InChI=1S/C11H12O5/c12-10(13)7-16-9-3-1-8(2-4-9)11-14-5-6-15-11/h1-4,11H,5-7H2,(H,12,13). The molecule has 0 aliphatic carbocycles. The zero-order valence-corrected chi connectivity index (χ0v) is 8.59. The van der Waals surface area contributed by atoms with Crippen LogP contribution in [0.2, 0.25) is 0 Å². The number of carboxylic acid groups (broad SMARTS) is 1. The van der Waals surface area contributed by atoms with Gasteiger partial charge in [-0.05, 0) is 12.1 Å². The number of ether oxygens (including phenoxy) is 3. The highest BCUT2D eigenvalue weighted by Gasteiger charge is 2.17. The summed E-state index contributed by atoms with van der Waals surface area (Å²) in [4.78, 5) is 10.3. The Morgan fingerprint density at radius 3 is 2.50 bits per heavy atom. The SMILES string of the molecule is O=C(O)COc1ccc(C2OCCO2)cc1. The molecule has 5 heteroatoms. The van der Waals surface area contributed by atoms with E-state index < -0.39 is 5.97 Å². The molecule has 1 aliphatic rings. The molecule has 1 N–H and O–H groups in total. The van der Waals surface area contributed by atoms with Crippen molar-refractivity contribution >= 4 is 5.97 Å². The van der Waals surface area contributed by atoms with Crippen LogP contribution in [0.4, 0.5) is 0 Å². The summed E-state index contributed by atoms with van der Waals surface area (Å²) in [7, 11) is 0. The van der Waals surface area contributed by atoms with Gasteiger partial charge in [0.05, 0.1) is 13.2 Å². The van der Waals surface area contributed by atoms with Crippen LogP contribution in [0, 0.1) is 0 Å². The van der Waals surface area contributed by atoms with Crippen molar-refractivity contribution in [2.24, 2.45) is 0 Å². The first kappa shape index (κ1) is 10.9. The fraction of sp³-hybridized carbons (Fsp3) is 0.364. The van der Waals surface area contributed by atoms with Gasteiger partial charge in [0.25, 0.3) is 0 Å². The van der Waals surface area contributed by atoms with Crippen LogP contribution in [0.5, 0.6) is 5.75 Å². The molecule has 0 radical (unpaired) electrons. The summed E-state index contributed by atoms with van der Waals surface area (Å²) in [6.45, 7) is 0.861. The van der Waals surface area contributed by atoms with Crippen LogP contribution < -0.4 is 4.74 Å². The molecule has 1 fully saturated rings. The number of benzene rings is 1. The third kappa shape index (κ3) is 2.71. The Morgan fingerprint density at radius 1 is 1.31 bits per heavy atom. The monoisotopic (exact) mass is 224 g/mol. The van der Waals surface area contributed by atoms with E-state index in [2.05, 4.69) is 0 Å². The molecule has 1 saturated heterocycles. The summed E-state index contributed by atoms with van der Waals surface area (Å²) in [5.41, 5.74) is 0.903. The normalized spacial score (nSPS) is 16.2. The van der Waals surface area contributed by atoms with Gasteiger partial charge in [0.1, 0.15) is 5.75 Å². The molecule has 86 valence electrons. The van der Waals surface area contributed by atoms with Gasteiger partial charge in [-0.3, -0.25) is 0 Å². The van der Waals surface area contributed by atoms with Gasteiger partial charge in [0.2, 0.25) is 0 Å². The van der Waals surface area contributed by atoms with Crippen LogP contribution in [-0.2, 0) is 14.3 Å². The molecule has 0 atom stereocenters. The molecular weight excluding hydrogens is 212 g/mol. The third-order valence-electron chi connectivity index (χ3n) is 2.14. The number of aliphatic carboxylic acids is 1. The molecule has 0 bridgehead atoms. The number of hydrogen-bond acceptors (Lipinski definition) is 4. The van der Waals surface area contributed by atoms with Gasteiger partial charge in [-0.15, -0.1) is 0 Å². The van der Waals surface area contributed by atoms with Crippen LogP contribution in [-0.4, -0.2) is 30.9 Å². The van der Waals surface area contributed by atoms with E-state index in [4.69, 9.17) is 19.3 Å². The van der Waals surface area contributed by atoms with E-state index in [1.165, 1.54) is 0 Å². The Kier molecular flexibility index (Phi) is 3.38. The molecular formula is C11H12O5. The van der Waals surface area contributed by atoms with Crippen LogP contribution in [0.1, 0.15) is 11.9 Å². The fourth-order valence-electron chi connectivity index (χ4n) is 1.42. The first-order valence-electron chi connectivity index (χ1n) is 4.93. The van der Waals surface area contributed by atoms with Crippen molar-refractivity contribution < 1.29 is 24.1 Å². The average Bonchev–Trinajstić information content (AvgIpc) is 2.80. The largest absolute Gasteiger partial charge is 0.482 e.